The lowest BCUT2D eigenvalue weighted by Gasteiger charge is -2.18. The number of rotatable bonds is 5. The zero-order valence-electron chi connectivity index (χ0n) is 10.9. The van der Waals surface area contributed by atoms with Crippen LogP contribution in [-0.2, 0) is 13.6 Å². The number of nitrogens with zero attached hydrogens (tertiary/aromatic N) is 4. The van der Waals surface area contributed by atoms with Crippen molar-refractivity contribution in [1.82, 2.24) is 24.9 Å². The van der Waals surface area contributed by atoms with Crippen LogP contribution in [0.2, 0.25) is 5.02 Å². The molecule has 1 atom stereocenters. The molecule has 2 rings (SSSR count). The zero-order valence-corrected chi connectivity index (χ0v) is 11.6. The van der Waals surface area contributed by atoms with Gasteiger partial charge < -0.3 is 5.32 Å². The van der Waals surface area contributed by atoms with Crippen LogP contribution in [0.3, 0.4) is 0 Å². The Kier molecular flexibility index (Phi) is 4.04. The maximum absolute atomic E-state index is 6.27. The molecule has 0 amide bonds. The summed E-state index contributed by atoms with van der Waals surface area (Å²) < 4.78 is 3.80. The third-order valence-electron chi connectivity index (χ3n) is 2.99. The van der Waals surface area contributed by atoms with Crippen molar-refractivity contribution < 1.29 is 0 Å². The van der Waals surface area contributed by atoms with E-state index >= 15 is 0 Å². The monoisotopic (exact) mass is 267 g/mol. The molecule has 0 saturated heterocycles. The van der Waals surface area contributed by atoms with Crippen LogP contribution in [0.25, 0.3) is 0 Å². The van der Waals surface area contributed by atoms with Crippen molar-refractivity contribution in [2.45, 2.75) is 25.9 Å². The minimum absolute atomic E-state index is 0.000880. The van der Waals surface area contributed by atoms with Crippen LogP contribution in [0.15, 0.2) is 18.5 Å². The van der Waals surface area contributed by atoms with E-state index in [1.54, 1.807) is 12.4 Å². The highest BCUT2D eigenvalue weighted by Crippen LogP contribution is 2.27. The van der Waals surface area contributed by atoms with Gasteiger partial charge in [0.2, 0.25) is 0 Å². The van der Waals surface area contributed by atoms with E-state index in [1.165, 1.54) is 0 Å². The fourth-order valence-corrected chi connectivity index (χ4v) is 2.39. The van der Waals surface area contributed by atoms with Crippen LogP contribution in [0.4, 0.5) is 0 Å². The second-order valence-corrected chi connectivity index (χ2v) is 4.61. The van der Waals surface area contributed by atoms with Gasteiger partial charge in [-0.15, -0.1) is 0 Å². The molecule has 0 radical (unpaired) electrons. The van der Waals surface area contributed by atoms with Crippen LogP contribution in [0.1, 0.15) is 30.8 Å². The summed E-state index contributed by atoms with van der Waals surface area (Å²) in [5.41, 5.74) is 2.06. The molecule has 2 aromatic rings. The summed E-state index contributed by atoms with van der Waals surface area (Å²) in [6, 6.07) is 1.99. The van der Waals surface area contributed by atoms with Crippen LogP contribution in [-0.4, -0.2) is 26.6 Å². The van der Waals surface area contributed by atoms with E-state index in [0.29, 0.717) is 5.02 Å². The van der Waals surface area contributed by atoms with E-state index in [-0.39, 0.29) is 6.04 Å². The highest BCUT2D eigenvalue weighted by Gasteiger charge is 2.22. The zero-order chi connectivity index (χ0) is 13.1. The number of hydrogen-bond acceptors (Lipinski definition) is 3. The van der Waals surface area contributed by atoms with E-state index in [1.807, 2.05) is 29.5 Å². The van der Waals surface area contributed by atoms with Gasteiger partial charge in [-0.25, -0.2) is 0 Å². The molecule has 0 aromatic carbocycles. The molecule has 2 heterocycles. The first-order valence-corrected chi connectivity index (χ1v) is 6.43. The molecule has 1 unspecified atom stereocenters. The van der Waals surface area contributed by atoms with Crippen molar-refractivity contribution in [3.05, 3.63) is 34.9 Å². The summed E-state index contributed by atoms with van der Waals surface area (Å²) in [6.45, 7) is 2.98. The van der Waals surface area contributed by atoms with Crippen molar-refractivity contribution in [2.24, 2.45) is 7.05 Å². The molecule has 0 aliphatic rings. The Morgan fingerprint density at radius 1 is 1.44 bits per heavy atom. The first-order valence-electron chi connectivity index (χ1n) is 6.05. The quantitative estimate of drug-likeness (QED) is 0.901. The Morgan fingerprint density at radius 2 is 2.22 bits per heavy atom. The van der Waals surface area contributed by atoms with Crippen molar-refractivity contribution in [3.8, 4) is 0 Å². The first-order chi connectivity index (χ1) is 8.69. The van der Waals surface area contributed by atoms with Crippen LogP contribution in [0.5, 0.6) is 0 Å². The predicted molar refractivity (Wildman–Crippen MR) is 71.6 cm³/mol. The maximum Gasteiger partial charge on any atom is 0.0931 e. The molecule has 0 fully saturated rings. The fraction of sp³-hybridized carbons (Fsp3) is 0.500. The van der Waals surface area contributed by atoms with Gasteiger partial charge in [-0.2, -0.15) is 10.2 Å². The largest absolute Gasteiger partial charge is 0.307 e. The molecule has 6 heteroatoms. The minimum Gasteiger partial charge on any atom is -0.307 e. The van der Waals surface area contributed by atoms with Crippen molar-refractivity contribution in [3.63, 3.8) is 0 Å². The van der Waals surface area contributed by atoms with Crippen LogP contribution in [0, 0.1) is 0 Å². The molecular formula is C12H18ClN5. The van der Waals surface area contributed by atoms with E-state index in [2.05, 4.69) is 22.4 Å². The molecule has 1 N–H and O–H groups in total. The Labute approximate surface area is 112 Å². The van der Waals surface area contributed by atoms with Gasteiger partial charge in [0.25, 0.3) is 0 Å². The van der Waals surface area contributed by atoms with Crippen LogP contribution >= 0.6 is 11.6 Å². The number of hydrogen-bond donors (Lipinski definition) is 1. The van der Waals surface area contributed by atoms with Crippen molar-refractivity contribution in [2.75, 3.05) is 7.05 Å². The molecule has 98 valence electrons. The van der Waals surface area contributed by atoms with Gasteiger partial charge in [0.05, 0.1) is 28.6 Å². The van der Waals surface area contributed by atoms with Gasteiger partial charge in [0.1, 0.15) is 0 Å². The highest BCUT2D eigenvalue weighted by atomic mass is 35.5. The van der Waals surface area contributed by atoms with Gasteiger partial charge in [-0.3, -0.25) is 9.36 Å². The van der Waals surface area contributed by atoms with Gasteiger partial charge in [0, 0.05) is 19.8 Å². The lowest BCUT2D eigenvalue weighted by Crippen LogP contribution is -2.24. The van der Waals surface area contributed by atoms with Gasteiger partial charge in [0.15, 0.2) is 0 Å². The molecular weight excluding hydrogens is 250 g/mol. The molecule has 5 nitrogen and oxygen atoms in total. The lowest BCUT2D eigenvalue weighted by atomic mass is 10.1. The summed E-state index contributed by atoms with van der Waals surface area (Å²) in [6.07, 6.45) is 4.51. The smallest absolute Gasteiger partial charge is 0.0931 e. The Bertz CT molecular complexity index is 516. The number of halogens is 1. The average molecular weight is 268 g/mol. The molecule has 0 spiro atoms. The third kappa shape index (κ3) is 2.28. The van der Waals surface area contributed by atoms with Gasteiger partial charge in [-0.1, -0.05) is 18.5 Å². The normalized spacial score (nSPS) is 12.9. The minimum atomic E-state index is -0.000880. The molecule has 18 heavy (non-hydrogen) atoms. The van der Waals surface area contributed by atoms with E-state index in [9.17, 15) is 0 Å². The third-order valence-corrected chi connectivity index (χ3v) is 3.28. The SMILES string of the molecule is CCCn1ncc(Cl)c1C(NC)c1ccnn1C. The van der Waals surface area contributed by atoms with Gasteiger partial charge >= 0.3 is 0 Å². The average Bonchev–Trinajstić information content (AvgIpc) is 2.91. The predicted octanol–water partition coefficient (Wildman–Crippen LogP) is 1.99. The second kappa shape index (κ2) is 5.54. The summed E-state index contributed by atoms with van der Waals surface area (Å²) >= 11 is 6.27. The summed E-state index contributed by atoms with van der Waals surface area (Å²) in [4.78, 5) is 0. The highest BCUT2D eigenvalue weighted by molar-refractivity contribution is 6.31. The topological polar surface area (TPSA) is 47.7 Å². The second-order valence-electron chi connectivity index (χ2n) is 4.20. The van der Waals surface area contributed by atoms with Crippen molar-refractivity contribution >= 4 is 11.6 Å². The molecule has 0 bridgehead atoms. The Morgan fingerprint density at radius 3 is 2.78 bits per heavy atom. The van der Waals surface area contributed by atoms with Gasteiger partial charge in [-0.05, 0) is 19.5 Å². The molecule has 0 aliphatic heterocycles. The first kappa shape index (κ1) is 13.1. The lowest BCUT2D eigenvalue weighted by molar-refractivity contribution is 0.516. The number of aromatic nitrogens is 4. The standard InChI is InChI=1S/C12H18ClN5/c1-4-7-18-12(9(13)8-16-18)11(14-2)10-5-6-15-17(10)3/h5-6,8,11,14H,4,7H2,1-3H3. The molecule has 0 saturated carbocycles. The molecule has 0 aliphatic carbocycles. The number of nitrogens with one attached hydrogen (secondary N) is 1. The maximum atomic E-state index is 6.27. The number of aryl methyl sites for hydroxylation is 2. The summed E-state index contributed by atoms with van der Waals surface area (Å²) in [5.74, 6) is 0. The van der Waals surface area contributed by atoms with E-state index in [0.717, 1.165) is 24.4 Å². The fourth-order valence-electron chi connectivity index (χ4n) is 2.14. The Hall–Kier alpha value is -1.33. The van der Waals surface area contributed by atoms with E-state index < -0.39 is 0 Å². The van der Waals surface area contributed by atoms with E-state index in [4.69, 9.17) is 11.6 Å². The Balaban J connectivity index is 2.45. The molecule has 2 aromatic heterocycles. The summed E-state index contributed by atoms with van der Waals surface area (Å²) in [7, 11) is 3.84. The summed E-state index contributed by atoms with van der Waals surface area (Å²) in [5, 5.41) is 12.5. The van der Waals surface area contributed by atoms with Crippen LogP contribution < -0.4 is 5.32 Å². The van der Waals surface area contributed by atoms with Crippen molar-refractivity contribution in [1.29, 1.82) is 0 Å².